The Balaban J connectivity index is 1.43. The summed E-state index contributed by atoms with van der Waals surface area (Å²) >= 11 is 0. The van der Waals surface area contributed by atoms with E-state index in [1.54, 1.807) is 36.2 Å². The van der Waals surface area contributed by atoms with Crippen molar-refractivity contribution in [1.82, 2.24) is 24.5 Å². The van der Waals surface area contributed by atoms with Crippen LogP contribution in [0.25, 0.3) is 16.6 Å². The maximum Gasteiger partial charge on any atom is 0.259 e. The molecule has 1 aliphatic rings. The van der Waals surface area contributed by atoms with E-state index >= 15 is 0 Å². The van der Waals surface area contributed by atoms with Gasteiger partial charge in [-0.1, -0.05) is 0 Å². The van der Waals surface area contributed by atoms with Gasteiger partial charge in [-0.15, -0.1) is 5.10 Å². The summed E-state index contributed by atoms with van der Waals surface area (Å²) in [7, 11) is 0. The number of aromatic nitrogens is 4. The van der Waals surface area contributed by atoms with E-state index in [1.807, 2.05) is 25.3 Å². The van der Waals surface area contributed by atoms with Crippen LogP contribution in [0.3, 0.4) is 0 Å². The van der Waals surface area contributed by atoms with E-state index in [-0.39, 0.29) is 17.4 Å². The van der Waals surface area contributed by atoms with Gasteiger partial charge >= 0.3 is 0 Å². The number of aryl methyl sites for hydroxylation is 2. The van der Waals surface area contributed by atoms with Gasteiger partial charge in [-0.05, 0) is 75.9 Å². The second-order valence-electron chi connectivity index (χ2n) is 10.6. The number of hydrazone groups is 1. The Bertz CT molecular complexity index is 1590. The van der Waals surface area contributed by atoms with E-state index in [0.717, 1.165) is 29.7 Å². The largest absolute Gasteiger partial charge is 0.389 e. The van der Waals surface area contributed by atoms with Crippen LogP contribution in [0.4, 0.5) is 10.1 Å². The molecule has 12 heteroatoms. The third kappa shape index (κ3) is 5.61. The molecule has 204 valence electrons. The molecule has 0 atom stereocenters. The quantitative estimate of drug-likeness (QED) is 0.118. The molecule has 3 heterocycles. The first-order valence-corrected chi connectivity index (χ1v) is 12.6. The number of pyridine rings is 1. The number of benzene rings is 1. The second kappa shape index (κ2) is 9.79. The Labute approximate surface area is 224 Å². The molecule has 0 spiro atoms. The van der Waals surface area contributed by atoms with E-state index < -0.39 is 17.3 Å². The number of nitrogens with two attached hydrogens (primary N) is 2. The molecule has 6 N–H and O–H groups in total. The minimum atomic E-state index is -0.911. The minimum Gasteiger partial charge on any atom is -0.389 e. The number of carbonyl (C=O) groups excluding carboxylic acids is 1. The summed E-state index contributed by atoms with van der Waals surface area (Å²) in [6.07, 6.45) is 6.95. The number of hydrogen-bond donors (Lipinski definition) is 4. The van der Waals surface area contributed by atoms with Crippen LogP contribution >= 0.6 is 0 Å². The lowest BCUT2D eigenvalue weighted by molar-refractivity contribution is 0.0577. The van der Waals surface area contributed by atoms with Crippen LogP contribution in [0, 0.1) is 19.7 Å². The normalized spacial score (nSPS) is 14.2. The zero-order chi connectivity index (χ0) is 28.1. The molecule has 1 aliphatic carbocycles. The summed E-state index contributed by atoms with van der Waals surface area (Å²) in [5, 5.41) is 27.2. The van der Waals surface area contributed by atoms with Gasteiger partial charge in [0, 0.05) is 23.6 Å². The van der Waals surface area contributed by atoms with Crippen molar-refractivity contribution in [2.75, 3.05) is 5.32 Å². The van der Waals surface area contributed by atoms with Crippen LogP contribution < -0.4 is 16.9 Å². The van der Waals surface area contributed by atoms with Crippen molar-refractivity contribution < 1.29 is 14.3 Å². The van der Waals surface area contributed by atoms with E-state index in [0.29, 0.717) is 28.9 Å². The zero-order valence-electron chi connectivity index (χ0n) is 22.3. The third-order valence-electron chi connectivity index (χ3n) is 6.55. The molecule has 39 heavy (non-hydrogen) atoms. The lowest BCUT2D eigenvalue weighted by atomic mass is 10.1. The first kappa shape index (κ1) is 26.3. The minimum absolute atomic E-state index is 0.0488. The van der Waals surface area contributed by atoms with Crippen molar-refractivity contribution in [3.05, 3.63) is 71.1 Å². The van der Waals surface area contributed by atoms with Crippen LogP contribution in [0.5, 0.6) is 0 Å². The van der Waals surface area contributed by atoms with E-state index in [4.69, 9.17) is 11.6 Å². The number of hydrazine groups is 1. The van der Waals surface area contributed by atoms with Gasteiger partial charge in [0.15, 0.2) is 5.84 Å². The lowest BCUT2D eigenvalue weighted by Crippen LogP contribution is -2.31. The average Bonchev–Trinajstić information content (AvgIpc) is 3.52. The van der Waals surface area contributed by atoms with E-state index in [2.05, 4.69) is 20.6 Å². The van der Waals surface area contributed by atoms with Gasteiger partial charge in [-0.2, -0.15) is 10.2 Å². The SMILES string of the molecule is Cc1cc(F)c(/C(N)=N/N(N)C2CC2)cc1NC(=O)c1cnn2ccc(-c3cn(CC(C)(C)O)nc3C)cc12. The number of halogens is 1. The van der Waals surface area contributed by atoms with Crippen LogP contribution in [-0.2, 0) is 6.54 Å². The summed E-state index contributed by atoms with van der Waals surface area (Å²) in [4.78, 5) is 13.4. The average molecular weight is 534 g/mol. The smallest absolute Gasteiger partial charge is 0.259 e. The number of hydrogen-bond acceptors (Lipinski definition) is 7. The number of carbonyl (C=O) groups is 1. The Morgan fingerprint density at radius 3 is 2.72 bits per heavy atom. The molecule has 0 aliphatic heterocycles. The molecular formula is C27H32FN9O2. The molecule has 0 saturated heterocycles. The highest BCUT2D eigenvalue weighted by atomic mass is 19.1. The summed E-state index contributed by atoms with van der Waals surface area (Å²) < 4.78 is 18.0. The van der Waals surface area contributed by atoms with Gasteiger partial charge in [-0.25, -0.2) is 19.9 Å². The summed E-state index contributed by atoms with van der Waals surface area (Å²) in [5.41, 5.74) is 9.54. The molecule has 0 radical (unpaired) electrons. The number of anilines is 1. The van der Waals surface area contributed by atoms with Crippen LogP contribution in [0.2, 0.25) is 0 Å². The molecule has 0 unspecified atom stereocenters. The van der Waals surface area contributed by atoms with Gasteiger partial charge in [0.1, 0.15) is 5.82 Å². The number of fused-ring (bicyclic) bond motifs is 1. The standard InChI is InChI=1S/C27H32FN9O2/c1-15-9-22(28)19(25(29)34-37(30)18-5-6-18)11-23(15)32-26(38)20-12-31-36-8-7-17(10-24(20)36)21-13-35(33-16(21)2)14-27(3,4)39/h7-13,18,39H,5-6,14,30H2,1-4H3,(H2,29,34)(H,32,38). The number of nitrogens with one attached hydrogen (secondary N) is 1. The first-order chi connectivity index (χ1) is 18.4. The highest BCUT2D eigenvalue weighted by molar-refractivity contribution is 6.10. The fraction of sp³-hybridized carbons (Fsp3) is 0.333. The summed E-state index contributed by atoms with van der Waals surface area (Å²) in [6.45, 7) is 7.37. The molecule has 1 fully saturated rings. The second-order valence-corrected chi connectivity index (χ2v) is 10.6. The molecule has 3 aromatic heterocycles. The molecular weight excluding hydrogens is 501 g/mol. The number of amidine groups is 1. The molecule has 5 rings (SSSR count). The summed E-state index contributed by atoms with van der Waals surface area (Å²) in [5.74, 6) is 4.83. The number of aliphatic hydroxyl groups is 1. The topological polar surface area (TPSA) is 152 Å². The number of amides is 1. The van der Waals surface area contributed by atoms with Crippen LogP contribution in [0.1, 0.15) is 53.9 Å². The van der Waals surface area contributed by atoms with Gasteiger partial charge in [0.2, 0.25) is 0 Å². The third-order valence-corrected chi connectivity index (χ3v) is 6.55. The van der Waals surface area contributed by atoms with E-state index in [9.17, 15) is 14.3 Å². The fourth-order valence-electron chi connectivity index (χ4n) is 4.39. The monoisotopic (exact) mass is 533 g/mol. The molecule has 0 bridgehead atoms. The fourth-order valence-corrected chi connectivity index (χ4v) is 4.39. The number of rotatable bonds is 8. The van der Waals surface area contributed by atoms with Crippen LogP contribution in [0.15, 0.2) is 48.0 Å². The maximum atomic E-state index is 14.7. The molecule has 4 aromatic rings. The van der Waals surface area contributed by atoms with E-state index in [1.165, 1.54) is 23.4 Å². The molecule has 11 nitrogen and oxygen atoms in total. The van der Waals surface area contributed by atoms with Crippen molar-refractivity contribution in [3.8, 4) is 11.1 Å². The lowest BCUT2D eigenvalue weighted by Gasteiger charge is -2.16. The summed E-state index contributed by atoms with van der Waals surface area (Å²) in [6, 6.07) is 6.62. The molecule has 1 saturated carbocycles. The van der Waals surface area contributed by atoms with Gasteiger partial charge < -0.3 is 16.2 Å². The molecule has 1 aromatic carbocycles. The van der Waals surface area contributed by atoms with Crippen molar-refractivity contribution >= 4 is 22.9 Å². The Morgan fingerprint density at radius 2 is 2.03 bits per heavy atom. The predicted octanol–water partition coefficient (Wildman–Crippen LogP) is 2.94. The first-order valence-electron chi connectivity index (χ1n) is 12.6. The highest BCUT2D eigenvalue weighted by Gasteiger charge is 2.27. The molecule has 1 amide bonds. The van der Waals surface area contributed by atoms with Crippen molar-refractivity contribution in [2.24, 2.45) is 16.7 Å². The Kier molecular flexibility index (Phi) is 6.60. The maximum absolute atomic E-state index is 14.7. The van der Waals surface area contributed by atoms with Crippen LogP contribution in [-0.4, -0.2) is 53.0 Å². The number of nitrogens with zero attached hydrogens (tertiary/aromatic N) is 6. The predicted molar refractivity (Wildman–Crippen MR) is 146 cm³/mol. The van der Waals surface area contributed by atoms with Crippen molar-refractivity contribution in [1.29, 1.82) is 0 Å². The Hall–Kier alpha value is -4.29. The zero-order valence-corrected chi connectivity index (χ0v) is 22.3. The van der Waals surface area contributed by atoms with Crippen molar-refractivity contribution in [3.63, 3.8) is 0 Å². The highest BCUT2D eigenvalue weighted by Crippen LogP contribution is 2.28. The Morgan fingerprint density at radius 1 is 1.28 bits per heavy atom. The van der Waals surface area contributed by atoms with Gasteiger partial charge in [0.25, 0.3) is 5.91 Å². The van der Waals surface area contributed by atoms with Gasteiger partial charge in [-0.3, -0.25) is 9.48 Å². The van der Waals surface area contributed by atoms with Gasteiger partial charge in [0.05, 0.1) is 46.7 Å². The van der Waals surface area contributed by atoms with Crippen molar-refractivity contribution in [2.45, 2.75) is 58.7 Å².